The van der Waals surface area contributed by atoms with Gasteiger partial charge in [-0.25, -0.2) is 4.98 Å². The second-order valence-electron chi connectivity index (χ2n) is 4.48. The lowest BCUT2D eigenvalue weighted by molar-refractivity contribution is 0.737. The van der Waals surface area contributed by atoms with Gasteiger partial charge in [-0.15, -0.1) is 0 Å². The second kappa shape index (κ2) is 4.72. The summed E-state index contributed by atoms with van der Waals surface area (Å²) in [7, 11) is 4.01. The second-order valence-corrected chi connectivity index (χ2v) is 4.48. The predicted molar refractivity (Wildman–Crippen MR) is 70.9 cm³/mol. The summed E-state index contributed by atoms with van der Waals surface area (Å²) in [6, 6.07) is 6.48. The van der Waals surface area contributed by atoms with E-state index in [2.05, 4.69) is 54.0 Å². The van der Waals surface area contributed by atoms with Crippen molar-refractivity contribution in [3.05, 3.63) is 41.2 Å². The van der Waals surface area contributed by atoms with Crippen molar-refractivity contribution in [2.24, 2.45) is 7.05 Å². The first-order valence-corrected chi connectivity index (χ1v) is 5.86. The van der Waals surface area contributed by atoms with Crippen molar-refractivity contribution in [2.45, 2.75) is 20.4 Å². The summed E-state index contributed by atoms with van der Waals surface area (Å²) in [5, 5.41) is 3.15. The van der Waals surface area contributed by atoms with Crippen LogP contribution < -0.4 is 5.32 Å². The summed E-state index contributed by atoms with van der Waals surface area (Å²) in [5.74, 6) is 1.03. The summed E-state index contributed by atoms with van der Waals surface area (Å²) >= 11 is 0. The molecule has 0 aliphatic rings. The highest BCUT2D eigenvalue weighted by molar-refractivity contribution is 5.61. The van der Waals surface area contributed by atoms with Gasteiger partial charge in [0.2, 0.25) is 0 Å². The van der Waals surface area contributed by atoms with Gasteiger partial charge in [0, 0.05) is 19.2 Å². The Morgan fingerprint density at radius 2 is 2.06 bits per heavy atom. The molecule has 0 radical (unpaired) electrons. The summed E-state index contributed by atoms with van der Waals surface area (Å²) in [4.78, 5) is 4.52. The zero-order chi connectivity index (χ0) is 12.4. The Balaban J connectivity index is 2.46. The molecule has 90 valence electrons. The molecule has 0 saturated carbocycles. The van der Waals surface area contributed by atoms with Crippen molar-refractivity contribution < 1.29 is 0 Å². The molecule has 0 fully saturated rings. The quantitative estimate of drug-likeness (QED) is 0.876. The largest absolute Gasteiger partial charge is 0.330 e. The zero-order valence-corrected chi connectivity index (χ0v) is 10.9. The summed E-state index contributed by atoms with van der Waals surface area (Å²) < 4.78 is 2.15. The highest BCUT2D eigenvalue weighted by Crippen LogP contribution is 2.23. The standard InChI is InChI=1S/C14H19N3/c1-10-5-6-13(11(2)7-10)14-16-9-12(8-15-3)17(14)4/h5-7,9,15H,8H2,1-4H3. The number of rotatable bonds is 3. The van der Waals surface area contributed by atoms with Crippen molar-refractivity contribution in [2.75, 3.05) is 7.05 Å². The lowest BCUT2D eigenvalue weighted by Gasteiger charge is -2.08. The van der Waals surface area contributed by atoms with E-state index in [0.717, 1.165) is 12.4 Å². The highest BCUT2D eigenvalue weighted by atomic mass is 15.1. The highest BCUT2D eigenvalue weighted by Gasteiger charge is 2.10. The van der Waals surface area contributed by atoms with Gasteiger partial charge in [-0.05, 0) is 26.5 Å². The summed E-state index contributed by atoms with van der Waals surface area (Å²) in [6.07, 6.45) is 1.94. The number of hydrogen-bond acceptors (Lipinski definition) is 2. The van der Waals surface area contributed by atoms with E-state index < -0.39 is 0 Å². The van der Waals surface area contributed by atoms with Crippen molar-refractivity contribution in [1.82, 2.24) is 14.9 Å². The smallest absolute Gasteiger partial charge is 0.140 e. The topological polar surface area (TPSA) is 29.9 Å². The molecule has 1 aromatic carbocycles. The first-order chi connectivity index (χ1) is 8.13. The van der Waals surface area contributed by atoms with Crippen LogP contribution in [0.5, 0.6) is 0 Å². The number of benzene rings is 1. The van der Waals surface area contributed by atoms with Crippen LogP contribution in [0.4, 0.5) is 0 Å². The van der Waals surface area contributed by atoms with Crippen LogP contribution in [0.1, 0.15) is 16.8 Å². The molecule has 1 aromatic heterocycles. The monoisotopic (exact) mass is 229 g/mol. The maximum atomic E-state index is 4.52. The van der Waals surface area contributed by atoms with Crippen LogP contribution in [-0.2, 0) is 13.6 Å². The van der Waals surface area contributed by atoms with Crippen LogP contribution in [0, 0.1) is 13.8 Å². The number of aromatic nitrogens is 2. The summed E-state index contributed by atoms with van der Waals surface area (Å²) in [6.45, 7) is 5.09. The molecule has 0 aliphatic heterocycles. The number of nitrogens with zero attached hydrogens (tertiary/aromatic N) is 2. The minimum atomic E-state index is 0.842. The molecule has 0 saturated heterocycles. The number of aryl methyl sites for hydroxylation is 2. The number of hydrogen-bond donors (Lipinski definition) is 1. The fraction of sp³-hybridized carbons (Fsp3) is 0.357. The minimum absolute atomic E-state index is 0.842. The maximum Gasteiger partial charge on any atom is 0.140 e. The molecule has 17 heavy (non-hydrogen) atoms. The molecule has 2 rings (SSSR count). The fourth-order valence-corrected chi connectivity index (χ4v) is 2.10. The number of imidazole rings is 1. The maximum absolute atomic E-state index is 4.52. The Hall–Kier alpha value is -1.61. The van der Waals surface area contributed by atoms with E-state index in [4.69, 9.17) is 0 Å². The molecule has 0 unspecified atom stereocenters. The average molecular weight is 229 g/mol. The van der Waals surface area contributed by atoms with Crippen LogP contribution in [0.3, 0.4) is 0 Å². The Kier molecular flexibility index (Phi) is 3.29. The molecular formula is C14H19N3. The van der Waals surface area contributed by atoms with E-state index in [-0.39, 0.29) is 0 Å². The molecule has 0 atom stereocenters. The molecule has 3 heteroatoms. The fourth-order valence-electron chi connectivity index (χ4n) is 2.10. The SMILES string of the molecule is CNCc1cnc(-c2ccc(C)cc2C)n1C. The Labute approximate surface area is 103 Å². The molecule has 0 aliphatic carbocycles. The number of nitrogens with one attached hydrogen (secondary N) is 1. The lowest BCUT2D eigenvalue weighted by atomic mass is 10.1. The van der Waals surface area contributed by atoms with Crippen LogP contribution in [0.2, 0.25) is 0 Å². The molecule has 0 spiro atoms. The van der Waals surface area contributed by atoms with Crippen molar-refractivity contribution in [3.63, 3.8) is 0 Å². The van der Waals surface area contributed by atoms with Crippen LogP contribution in [0.15, 0.2) is 24.4 Å². The third-order valence-corrected chi connectivity index (χ3v) is 3.07. The van der Waals surface area contributed by atoms with Crippen molar-refractivity contribution in [3.8, 4) is 11.4 Å². The van der Waals surface area contributed by atoms with E-state index in [9.17, 15) is 0 Å². The van der Waals surface area contributed by atoms with Crippen LogP contribution in [0.25, 0.3) is 11.4 Å². The molecule has 3 nitrogen and oxygen atoms in total. The van der Waals surface area contributed by atoms with Crippen LogP contribution >= 0.6 is 0 Å². The van der Waals surface area contributed by atoms with Gasteiger partial charge in [-0.3, -0.25) is 0 Å². The molecule has 1 N–H and O–H groups in total. The van der Waals surface area contributed by atoms with Gasteiger partial charge in [0.15, 0.2) is 0 Å². The predicted octanol–water partition coefficient (Wildman–Crippen LogP) is 2.42. The van der Waals surface area contributed by atoms with E-state index in [1.165, 1.54) is 22.4 Å². The van der Waals surface area contributed by atoms with Gasteiger partial charge in [0.1, 0.15) is 5.82 Å². The minimum Gasteiger partial charge on any atom is -0.330 e. The zero-order valence-electron chi connectivity index (χ0n) is 10.9. The first-order valence-electron chi connectivity index (χ1n) is 5.86. The molecular weight excluding hydrogens is 210 g/mol. The molecule has 2 aromatic rings. The lowest BCUT2D eigenvalue weighted by Crippen LogP contribution is -2.09. The van der Waals surface area contributed by atoms with Gasteiger partial charge in [0.05, 0.1) is 11.9 Å². The Morgan fingerprint density at radius 3 is 2.71 bits per heavy atom. The molecule has 0 amide bonds. The third-order valence-electron chi connectivity index (χ3n) is 3.07. The first kappa shape index (κ1) is 11.9. The van der Waals surface area contributed by atoms with Gasteiger partial charge < -0.3 is 9.88 Å². The van der Waals surface area contributed by atoms with Gasteiger partial charge in [0.25, 0.3) is 0 Å². The van der Waals surface area contributed by atoms with Crippen molar-refractivity contribution >= 4 is 0 Å². The van der Waals surface area contributed by atoms with Crippen molar-refractivity contribution in [1.29, 1.82) is 0 Å². The molecule has 1 heterocycles. The van der Waals surface area contributed by atoms with Gasteiger partial charge >= 0.3 is 0 Å². The van der Waals surface area contributed by atoms with E-state index in [1.54, 1.807) is 0 Å². The van der Waals surface area contributed by atoms with E-state index >= 15 is 0 Å². The Morgan fingerprint density at radius 1 is 1.29 bits per heavy atom. The van der Waals surface area contributed by atoms with E-state index in [1.807, 2.05) is 13.2 Å². The Bertz CT molecular complexity index is 526. The summed E-state index contributed by atoms with van der Waals surface area (Å²) in [5.41, 5.74) is 4.97. The van der Waals surface area contributed by atoms with Crippen LogP contribution in [-0.4, -0.2) is 16.6 Å². The third kappa shape index (κ3) is 2.24. The average Bonchev–Trinajstić information content (AvgIpc) is 2.62. The van der Waals surface area contributed by atoms with Gasteiger partial charge in [-0.1, -0.05) is 23.8 Å². The van der Waals surface area contributed by atoms with Gasteiger partial charge in [-0.2, -0.15) is 0 Å². The van der Waals surface area contributed by atoms with E-state index in [0.29, 0.717) is 0 Å². The normalized spacial score (nSPS) is 10.8. The molecule has 0 bridgehead atoms.